The molecule has 7 heteroatoms. The topological polar surface area (TPSA) is 88.7 Å². The van der Waals surface area contributed by atoms with E-state index in [0.717, 1.165) is 69.8 Å². The Morgan fingerprint density at radius 1 is 1.41 bits per heavy atom. The van der Waals surface area contributed by atoms with Gasteiger partial charge in [0.15, 0.2) is 0 Å². The van der Waals surface area contributed by atoms with Crippen LogP contribution >= 0.6 is 8.58 Å². The van der Waals surface area contributed by atoms with Crippen molar-refractivity contribution < 1.29 is 14.6 Å². The zero-order valence-corrected chi connectivity index (χ0v) is 20.0. The normalized spacial score (nSPS) is 15.9. The highest BCUT2D eigenvalue weighted by Gasteiger charge is 2.19. The van der Waals surface area contributed by atoms with Crippen LogP contribution in [0.2, 0.25) is 0 Å². The predicted octanol–water partition coefficient (Wildman–Crippen LogP) is 4.62. The highest BCUT2D eigenvalue weighted by molar-refractivity contribution is 7.41. The van der Waals surface area contributed by atoms with E-state index in [4.69, 9.17) is 10.5 Å². The van der Waals surface area contributed by atoms with Crippen molar-refractivity contribution in [3.63, 3.8) is 0 Å². The SMILES string of the molecule is CCP/C=C(\N)CCC(CC(=O)O)c1ccc(C)c(CN2CCOc3ccncc3C2)c1. The fourth-order valence-corrected chi connectivity index (χ4v) is 4.62. The Morgan fingerprint density at radius 3 is 3.03 bits per heavy atom. The number of hydrogen-bond donors (Lipinski definition) is 2. The van der Waals surface area contributed by atoms with Gasteiger partial charge in [0.05, 0.1) is 6.42 Å². The summed E-state index contributed by atoms with van der Waals surface area (Å²) >= 11 is 0. The van der Waals surface area contributed by atoms with E-state index in [-0.39, 0.29) is 12.3 Å². The first-order chi connectivity index (χ1) is 15.5. The minimum atomic E-state index is -0.774. The molecule has 1 aromatic carbocycles. The summed E-state index contributed by atoms with van der Waals surface area (Å²) in [4.78, 5) is 18.2. The molecule has 1 aliphatic rings. The Hall–Kier alpha value is -2.43. The van der Waals surface area contributed by atoms with Gasteiger partial charge in [0.1, 0.15) is 12.4 Å². The fraction of sp³-hybridized carbons (Fsp3) is 0.440. The van der Waals surface area contributed by atoms with Gasteiger partial charge >= 0.3 is 5.97 Å². The molecule has 1 aromatic heterocycles. The zero-order valence-electron chi connectivity index (χ0n) is 19.0. The largest absolute Gasteiger partial charge is 0.492 e. The molecule has 172 valence electrons. The van der Waals surface area contributed by atoms with Crippen molar-refractivity contribution in [2.45, 2.75) is 52.1 Å². The number of nitrogens with zero attached hydrogens (tertiary/aromatic N) is 2. The molecular weight excluding hydrogens is 421 g/mol. The molecule has 0 fully saturated rings. The van der Waals surface area contributed by atoms with E-state index in [2.05, 4.69) is 47.7 Å². The average molecular weight is 456 g/mol. The molecule has 0 aliphatic carbocycles. The van der Waals surface area contributed by atoms with Crippen molar-refractivity contribution in [2.24, 2.45) is 5.73 Å². The van der Waals surface area contributed by atoms with Gasteiger partial charge in [0.25, 0.3) is 0 Å². The Bertz CT molecular complexity index is 948. The van der Waals surface area contributed by atoms with Gasteiger partial charge in [-0.2, -0.15) is 0 Å². The highest BCUT2D eigenvalue weighted by Crippen LogP contribution is 2.30. The van der Waals surface area contributed by atoms with E-state index < -0.39 is 5.97 Å². The molecule has 6 nitrogen and oxygen atoms in total. The third kappa shape index (κ3) is 7.04. The summed E-state index contributed by atoms with van der Waals surface area (Å²) in [5.41, 5.74) is 11.6. The Balaban J connectivity index is 1.75. The Labute approximate surface area is 192 Å². The van der Waals surface area contributed by atoms with E-state index in [1.54, 1.807) is 6.20 Å². The number of hydrogen-bond acceptors (Lipinski definition) is 5. The number of aryl methyl sites for hydroxylation is 1. The van der Waals surface area contributed by atoms with E-state index in [9.17, 15) is 9.90 Å². The molecule has 2 heterocycles. The second-order valence-electron chi connectivity index (χ2n) is 8.34. The fourth-order valence-electron chi connectivity index (χ4n) is 4.01. The summed E-state index contributed by atoms with van der Waals surface area (Å²) in [6.07, 6.45) is 6.29. The van der Waals surface area contributed by atoms with Crippen LogP contribution in [0.4, 0.5) is 0 Å². The molecule has 0 saturated heterocycles. The second kappa shape index (κ2) is 12.0. The zero-order chi connectivity index (χ0) is 22.9. The van der Waals surface area contributed by atoms with Crippen LogP contribution in [0.15, 0.2) is 48.2 Å². The average Bonchev–Trinajstić information content (AvgIpc) is 2.98. The van der Waals surface area contributed by atoms with Crippen LogP contribution in [0.1, 0.15) is 54.4 Å². The molecule has 3 rings (SSSR count). The van der Waals surface area contributed by atoms with Crippen molar-refractivity contribution in [2.75, 3.05) is 19.3 Å². The van der Waals surface area contributed by atoms with Crippen LogP contribution in [-0.4, -0.2) is 40.3 Å². The summed E-state index contributed by atoms with van der Waals surface area (Å²) < 4.78 is 5.87. The quantitative estimate of drug-likeness (QED) is 0.508. The van der Waals surface area contributed by atoms with Crippen molar-refractivity contribution >= 4 is 14.6 Å². The molecule has 32 heavy (non-hydrogen) atoms. The number of allylic oxidation sites excluding steroid dienone is 1. The maximum atomic E-state index is 11.6. The lowest BCUT2D eigenvalue weighted by Crippen LogP contribution is -2.25. The smallest absolute Gasteiger partial charge is 0.303 e. The molecule has 0 amide bonds. The number of carboxylic acid groups (broad SMARTS) is 1. The first kappa shape index (κ1) is 24.2. The van der Waals surface area contributed by atoms with E-state index in [1.165, 1.54) is 11.1 Å². The molecule has 2 aromatic rings. The molecule has 0 saturated carbocycles. The number of benzene rings is 1. The van der Waals surface area contributed by atoms with Gasteiger partial charge in [-0.3, -0.25) is 14.7 Å². The third-order valence-corrected chi connectivity index (χ3v) is 6.83. The van der Waals surface area contributed by atoms with Crippen molar-refractivity contribution in [3.8, 4) is 5.75 Å². The molecule has 0 bridgehead atoms. The van der Waals surface area contributed by atoms with Crippen molar-refractivity contribution in [3.05, 3.63) is 70.4 Å². The number of pyridine rings is 1. The van der Waals surface area contributed by atoms with Gasteiger partial charge in [-0.1, -0.05) is 33.7 Å². The summed E-state index contributed by atoms with van der Waals surface area (Å²) in [5, 5.41) is 9.49. The highest BCUT2D eigenvalue weighted by atomic mass is 31.1. The molecule has 0 radical (unpaired) electrons. The molecule has 1 aliphatic heterocycles. The lowest BCUT2D eigenvalue weighted by molar-refractivity contribution is -0.137. The van der Waals surface area contributed by atoms with Crippen LogP contribution < -0.4 is 10.5 Å². The lowest BCUT2D eigenvalue weighted by Gasteiger charge is -2.22. The van der Waals surface area contributed by atoms with Gasteiger partial charge in [0.2, 0.25) is 0 Å². The van der Waals surface area contributed by atoms with Crippen LogP contribution in [0.5, 0.6) is 5.75 Å². The molecule has 0 spiro atoms. The van der Waals surface area contributed by atoms with Crippen LogP contribution in [0.25, 0.3) is 0 Å². The second-order valence-corrected chi connectivity index (χ2v) is 9.74. The third-order valence-electron chi connectivity index (χ3n) is 5.85. The number of carbonyl (C=O) groups is 1. The Morgan fingerprint density at radius 2 is 2.25 bits per heavy atom. The number of aromatic nitrogens is 1. The van der Waals surface area contributed by atoms with E-state index in [0.29, 0.717) is 6.61 Å². The van der Waals surface area contributed by atoms with Gasteiger partial charge in [0, 0.05) is 43.3 Å². The van der Waals surface area contributed by atoms with E-state index >= 15 is 0 Å². The molecule has 2 atom stereocenters. The summed E-state index contributed by atoms with van der Waals surface area (Å²) in [5.74, 6) is 2.17. The minimum Gasteiger partial charge on any atom is -0.492 e. The summed E-state index contributed by atoms with van der Waals surface area (Å²) in [6.45, 7) is 7.29. The summed E-state index contributed by atoms with van der Waals surface area (Å²) in [7, 11) is 0.723. The molecule has 2 unspecified atom stereocenters. The minimum absolute atomic E-state index is 0.0545. The molecule has 3 N–H and O–H groups in total. The van der Waals surface area contributed by atoms with E-state index in [1.807, 2.05) is 12.3 Å². The number of nitrogens with two attached hydrogens (primary N) is 1. The molecular formula is C25H34N3O3P. The maximum absolute atomic E-state index is 11.6. The summed E-state index contributed by atoms with van der Waals surface area (Å²) in [6, 6.07) is 8.29. The number of ether oxygens (including phenoxy) is 1. The predicted molar refractivity (Wildman–Crippen MR) is 130 cm³/mol. The number of rotatable bonds is 10. The van der Waals surface area contributed by atoms with Crippen molar-refractivity contribution in [1.29, 1.82) is 0 Å². The van der Waals surface area contributed by atoms with Crippen LogP contribution in [0, 0.1) is 6.92 Å². The lowest BCUT2D eigenvalue weighted by atomic mass is 9.88. The van der Waals surface area contributed by atoms with Gasteiger partial charge in [-0.25, -0.2) is 0 Å². The maximum Gasteiger partial charge on any atom is 0.303 e. The standard InChI is InChI=1S/C25H34N3O3P/c1-3-32-17-23(26)7-6-20(13-25(29)30)19-5-4-18(2)21(12-19)15-28-10-11-31-24-8-9-27-14-22(24)16-28/h4-5,8-9,12,14,17,20,32H,3,6-7,10-11,13,15-16,26H2,1-2H3,(H,29,30)/b23-17-. The first-order valence-corrected chi connectivity index (χ1v) is 12.5. The number of fused-ring (bicyclic) bond motifs is 1. The van der Waals surface area contributed by atoms with Crippen molar-refractivity contribution in [1.82, 2.24) is 9.88 Å². The van der Waals surface area contributed by atoms with Crippen LogP contribution in [0.3, 0.4) is 0 Å². The van der Waals surface area contributed by atoms with Crippen LogP contribution in [-0.2, 0) is 17.9 Å². The van der Waals surface area contributed by atoms with Gasteiger partial charge in [-0.05, 0) is 60.4 Å². The van der Waals surface area contributed by atoms with Gasteiger partial charge in [-0.15, -0.1) is 0 Å². The number of carboxylic acids is 1. The first-order valence-electron chi connectivity index (χ1n) is 11.2. The van der Waals surface area contributed by atoms with Gasteiger partial charge < -0.3 is 15.6 Å². The Kier molecular flexibility index (Phi) is 9.07. The number of aliphatic carboxylic acids is 1. The monoisotopic (exact) mass is 455 g/mol.